The topological polar surface area (TPSA) is 63.5 Å². The first-order chi connectivity index (χ1) is 15.2. The number of aromatic nitrogens is 3. The lowest BCUT2D eigenvalue weighted by Crippen LogP contribution is -2.47. The van der Waals surface area contributed by atoms with E-state index in [9.17, 15) is 4.79 Å². The largest absolute Gasteiger partial charge is 0.495 e. The summed E-state index contributed by atoms with van der Waals surface area (Å²) in [7, 11) is 1.71. The van der Waals surface area contributed by atoms with Crippen molar-refractivity contribution in [2.75, 3.05) is 44.7 Å². The molecule has 7 nitrogen and oxygen atoms in total. The van der Waals surface area contributed by atoms with Crippen LogP contribution in [0, 0.1) is 0 Å². The molecule has 0 bridgehead atoms. The first kappa shape index (κ1) is 22.0. The van der Waals surface area contributed by atoms with Crippen molar-refractivity contribution < 1.29 is 4.74 Å². The summed E-state index contributed by atoms with van der Waals surface area (Å²) < 4.78 is 7.20. The fraction of sp³-hybridized carbons (Fsp3) is 0.292. The molecular weight excluding hydrogens is 426 g/mol. The van der Waals surface area contributed by atoms with Gasteiger partial charge < -0.3 is 9.64 Å². The summed E-state index contributed by atoms with van der Waals surface area (Å²) in [6, 6.07) is 15.9. The van der Waals surface area contributed by atoms with Gasteiger partial charge in [-0.05, 0) is 18.2 Å². The molecule has 1 aliphatic rings. The molecule has 0 atom stereocenters. The van der Waals surface area contributed by atoms with Crippen LogP contribution in [-0.4, -0.2) is 59.3 Å². The van der Waals surface area contributed by atoms with E-state index in [2.05, 4.69) is 25.8 Å². The fourth-order valence-corrected chi connectivity index (χ4v) is 4.27. The van der Waals surface area contributed by atoms with Crippen LogP contribution in [0.4, 0.5) is 5.69 Å². The number of hydrogen-bond acceptors (Lipinski definition) is 6. The molecule has 1 fully saturated rings. The summed E-state index contributed by atoms with van der Waals surface area (Å²) in [5, 5.41) is 1.49. The number of pyridine rings is 1. The van der Waals surface area contributed by atoms with E-state index in [1.165, 1.54) is 0 Å². The summed E-state index contributed by atoms with van der Waals surface area (Å²) in [5.74, 6) is 0.908. The molecular formula is C24H26ClN5O2. The van der Waals surface area contributed by atoms with Crippen molar-refractivity contribution >= 4 is 39.9 Å². The van der Waals surface area contributed by atoms with E-state index in [4.69, 9.17) is 4.74 Å². The summed E-state index contributed by atoms with van der Waals surface area (Å²) in [4.78, 5) is 26.8. The molecule has 0 aliphatic carbocycles. The van der Waals surface area contributed by atoms with Crippen LogP contribution in [-0.2, 0) is 6.54 Å². The van der Waals surface area contributed by atoms with Gasteiger partial charge in [-0.1, -0.05) is 30.3 Å². The zero-order chi connectivity index (χ0) is 21.2. The molecule has 8 heteroatoms. The zero-order valence-electron chi connectivity index (χ0n) is 18.0. The van der Waals surface area contributed by atoms with Crippen molar-refractivity contribution in [3.8, 4) is 5.75 Å². The first-order valence-corrected chi connectivity index (χ1v) is 10.6. The van der Waals surface area contributed by atoms with Crippen molar-refractivity contribution in [1.82, 2.24) is 19.4 Å². The molecule has 0 N–H and O–H groups in total. The average molecular weight is 452 g/mol. The lowest BCUT2D eigenvalue weighted by atomic mass is 10.1. The maximum atomic E-state index is 13.0. The molecule has 2 aromatic heterocycles. The van der Waals surface area contributed by atoms with Gasteiger partial charge in [-0.15, -0.1) is 12.4 Å². The number of fused-ring (bicyclic) bond motifs is 3. The van der Waals surface area contributed by atoms with Gasteiger partial charge in [0.1, 0.15) is 5.75 Å². The van der Waals surface area contributed by atoms with Gasteiger partial charge in [0, 0.05) is 50.9 Å². The van der Waals surface area contributed by atoms with Crippen LogP contribution in [0.5, 0.6) is 5.75 Å². The molecule has 0 unspecified atom stereocenters. The minimum Gasteiger partial charge on any atom is -0.495 e. The Balaban J connectivity index is 0.00000245. The summed E-state index contributed by atoms with van der Waals surface area (Å²) in [5.41, 5.74) is 2.68. The Kier molecular flexibility index (Phi) is 6.58. The van der Waals surface area contributed by atoms with Gasteiger partial charge in [0.2, 0.25) is 0 Å². The van der Waals surface area contributed by atoms with Crippen molar-refractivity contribution in [2.45, 2.75) is 6.54 Å². The SMILES string of the molecule is COc1ccccc1N1CCN(CCn2cnc3c(cnc4ccccc43)c2=O)CC1.Cl. The van der Waals surface area contributed by atoms with Crippen LogP contribution in [0.15, 0.2) is 65.8 Å². The monoisotopic (exact) mass is 451 g/mol. The van der Waals surface area contributed by atoms with Gasteiger partial charge in [0.25, 0.3) is 5.56 Å². The maximum Gasteiger partial charge on any atom is 0.262 e. The quantitative estimate of drug-likeness (QED) is 0.434. The third-order valence-electron chi connectivity index (χ3n) is 6.02. The smallest absolute Gasteiger partial charge is 0.262 e. The van der Waals surface area contributed by atoms with Crippen molar-refractivity contribution in [1.29, 1.82) is 0 Å². The number of ether oxygens (including phenoxy) is 1. The Morgan fingerprint density at radius 3 is 2.47 bits per heavy atom. The summed E-state index contributed by atoms with van der Waals surface area (Å²) in [6.45, 7) is 5.18. The second-order valence-electron chi connectivity index (χ2n) is 7.78. The van der Waals surface area contributed by atoms with Crippen molar-refractivity contribution in [2.24, 2.45) is 0 Å². The molecule has 3 heterocycles. The van der Waals surface area contributed by atoms with E-state index in [1.54, 1.807) is 24.2 Å². The number of nitrogens with zero attached hydrogens (tertiary/aromatic N) is 5. The van der Waals surface area contributed by atoms with E-state index >= 15 is 0 Å². The Morgan fingerprint density at radius 1 is 0.906 bits per heavy atom. The van der Waals surface area contributed by atoms with E-state index < -0.39 is 0 Å². The minimum absolute atomic E-state index is 0. The van der Waals surface area contributed by atoms with Crippen LogP contribution >= 0.6 is 12.4 Å². The molecule has 4 aromatic rings. The Bertz CT molecular complexity index is 1280. The molecule has 166 valence electrons. The van der Waals surface area contributed by atoms with E-state index in [-0.39, 0.29) is 18.0 Å². The third-order valence-corrected chi connectivity index (χ3v) is 6.02. The Hall–Kier alpha value is -3.16. The van der Waals surface area contributed by atoms with E-state index in [1.807, 2.05) is 42.5 Å². The molecule has 1 aliphatic heterocycles. The number of para-hydroxylation sites is 3. The van der Waals surface area contributed by atoms with Gasteiger partial charge in [-0.2, -0.15) is 0 Å². The second kappa shape index (κ2) is 9.54. The highest BCUT2D eigenvalue weighted by atomic mass is 35.5. The Morgan fingerprint density at radius 2 is 1.66 bits per heavy atom. The predicted octanol–water partition coefficient (Wildman–Crippen LogP) is 3.20. The van der Waals surface area contributed by atoms with E-state index in [0.29, 0.717) is 11.9 Å². The Labute approximate surface area is 192 Å². The molecule has 1 saturated heterocycles. The number of halogens is 1. The average Bonchev–Trinajstić information content (AvgIpc) is 2.84. The first-order valence-electron chi connectivity index (χ1n) is 10.6. The predicted molar refractivity (Wildman–Crippen MR) is 130 cm³/mol. The van der Waals surface area contributed by atoms with Gasteiger partial charge in [-0.25, -0.2) is 4.98 Å². The van der Waals surface area contributed by atoms with Gasteiger partial charge >= 0.3 is 0 Å². The molecule has 0 radical (unpaired) electrons. The molecule has 0 saturated carbocycles. The summed E-state index contributed by atoms with van der Waals surface area (Å²) >= 11 is 0. The van der Waals surface area contributed by atoms with Crippen molar-refractivity contribution in [3.63, 3.8) is 0 Å². The van der Waals surface area contributed by atoms with Gasteiger partial charge in [0.15, 0.2) is 0 Å². The highest BCUT2D eigenvalue weighted by Gasteiger charge is 2.19. The summed E-state index contributed by atoms with van der Waals surface area (Å²) in [6.07, 6.45) is 3.32. The molecule has 0 amide bonds. The zero-order valence-corrected chi connectivity index (χ0v) is 18.8. The van der Waals surface area contributed by atoms with Crippen LogP contribution in [0.25, 0.3) is 21.8 Å². The molecule has 2 aromatic carbocycles. The third kappa shape index (κ3) is 4.13. The molecule has 5 rings (SSSR count). The highest BCUT2D eigenvalue weighted by molar-refractivity contribution is 6.02. The van der Waals surface area contributed by atoms with Crippen LogP contribution in [0.1, 0.15) is 0 Å². The van der Waals surface area contributed by atoms with Crippen LogP contribution in [0.2, 0.25) is 0 Å². The fourth-order valence-electron chi connectivity index (χ4n) is 4.27. The normalized spacial score (nSPS) is 14.5. The van der Waals surface area contributed by atoms with E-state index in [0.717, 1.165) is 60.6 Å². The molecule has 0 spiro atoms. The van der Waals surface area contributed by atoms with Gasteiger partial charge in [0.05, 0.1) is 35.5 Å². The number of hydrogen-bond donors (Lipinski definition) is 0. The minimum atomic E-state index is -0.0316. The number of anilines is 1. The number of benzene rings is 2. The lowest BCUT2D eigenvalue weighted by Gasteiger charge is -2.36. The lowest BCUT2D eigenvalue weighted by molar-refractivity contribution is 0.246. The standard InChI is InChI=1S/C24H25N5O2.ClH/c1-31-22-9-5-4-8-21(22)28-13-10-27(11-14-28)12-15-29-17-26-23-18-6-2-3-7-20(18)25-16-19(23)24(29)30;/h2-9,16-17H,10-15H2,1H3;1H. The van der Waals surface area contributed by atoms with Gasteiger partial charge in [-0.3, -0.25) is 19.2 Å². The number of rotatable bonds is 5. The van der Waals surface area contributed by atoms with Crippen LogP contribution < -0.4 is 15.2 Å². The second-order valence-corrected chi connectivity index (χ2v) is 7.78. The van der Waals surface area contributed by atoms with Crippen LogP contribution in [0.3, 0.4) is 0 Å². The number of piperazine rings is 1. The highest BCUT2D eigenvalue weighted by Crippen LogP contribution is 2.28. The van der Waals surface area contributed by atoms with Crippen molar-refractivity contribution in [3.05, 3.63) is 71.4 Å². The number of methoxy groups -OCH3 is 1. The maximum absolute atomic E-state index is 13.0. The molecule has 32 heavy (non-hydrogen) atoms.